The van der Waals surface area contributed by atoms with Crippen LogP contribution in [0, 0.1) is 11.2 Å². The lowest BCUT2D eigenvalue weighted by Crippen LogP contribution is -2.68. The molecule has 2 bridgehead atoms. The third-order valence-corrected chi connectivity index (χ3v) is 7.39. The van der Waals surface area contributed by atoms with Crippen molar-refractivity contribution in [3.05, 3.63) is 71.2 Å². The maximum absolute atomic E-state index is 13.7. The van der Waals surface area contributed by atoms with E-state index in [1.807, 2.05) is 25.3 Å². The van der Waals surface area contributed by atoms with Crippen LogP contribution in [0.25, 0.3) is 22.2 Å². The maximum Gasteiger partial charge on any atom is 0.311 e. The Balaban J connectivity index is 1.63. The van der Waals surface area contributed by atoms with E-state index >= 15 is 0 Å². The fourth-order valence-electron chi connectivity index (χ4n) is 6.18. The predicted molar refractivity (Wildman–Crippen MR) is 119 cm³/mol. The Labute approximate surface area is 180 Å². The van der Waals surface area contributed by atoms with E-state index in [9.17, 15) is 9.18 Å². The van der Waals surface area contributed by atoms with Crippen LogP contribution in [0.3, 0.4) is 0 Å². The fraction of sp³-hybridized carbons (Fsp3) is 0.308. The molecule has 0 radical (unpaired) electrons. The highest BCUT2D eigenvalue weighted by Crippen LogP contribution is 2.75. The molecule has 1 aliphatic heterocycles. The smallest absolute Gasteiger partial charge is 0.311 e. The van der Waals surface area contributed by atoms with Gasteiger partial charge in [-0.2, -0.15) is 0 Å². The zero-order valence-corrected chi connectivity index (χ0v) is 17.7. The quantitative estimate of drug-likeness (QED) is 0.542. The number of benzene rings is 2. The molecule has 5 heteroatoms. The molecule has 4 nitrogen and oxygen atoms in total. The molecular weight excluding hydrogens is 391 g/mol. The van der Waals surface area contributed by atoms with E-state index in [-0.39, 0.29) is 22.6 Å². The van der Waals surface area contributed by atoms with Gasteiger partial charge in [-0.25, -0.2) is 4.39 Å². The minimum atomic E-state index is -0.328. The topological polar surface area (TPSA) is 43.6 Å². The van der Waals surface area contributed by atoms with Crippen molar-refractivity contribution in [1.82, 2.24) is 4.57 Å². The Morgan fingerprint density at radius 1 is 1.19 bits per heavy atom. The average Bonchev–Trinajstić information content (AvgIpc) is 3.27. The van der Waals surface area contributed by atoms with Gasteiger partial charge in [-0.1, -0.05) is 6.58 Å². The summed E-state index contributed by atoms with van der Waals surface area (Å²) in [5.74, 6) is -0.354. The highest BCUT2D eigenvalue weighted by atomic mass is 19.1. The van der Waals surface area contributed by atoms with Crippen molar-refractivity contribution in [2.45, 2.75) is 38.1 Å². The first kappa shape index (κ1) is 18.6. The molecule has 3 aromatic rings. The van der Waals surface area contributed by atoms with Crippen molar-refractivity contribution < 1.29 is 13.9 Å². The summed E-state index contributed by atoms with van der Waals surface area (Å²) in [6, 6.07) is 11.0. The van der Waals surface area contributed by atoms with Crippen molar-refractivity contribution in [1.29, 1.82) is 0 Å². The van der Waals surface area contributed by atoms with Gasteiger partial charge in [0.1, 0.15) is 5.82 Å². The zero-order valence-electron chi connectivity index (χ0n) is 17.7. The summed E-state index contributed by atoms with van der Waals surface area (Å²) in [4.78, 5) is 16.8. The van der Waals surface area contributed by atoms with E-state index in [0.29, 0.717) is 6.54 Å². The van der Waals surface area contributed by atoms with Crippen molar-refractivity contribution >= 4 is 28.7 Å². The number of methoxy groups -OCH3 is 1. The molecule has 0 unspecified atom stereocenters. The van der Waals surface area contributed by atoms with Crippen LogP contribution in [-0.4, -0.2) is 23.9 Å². The van der Waals surface area contributed by atoms with Crippen molar-refractivity contribution in [2.75, 3.05) is 7.11 Å². The molecular formula is C26H23FN2O2. The number of hydrogen-bond acceptors (Lipinski definition) is 3. The highest BCUT2D eigenvalue weighted by molar-refractivity contribution is 5.99. The molecule has 0 atom stereocenters. The normalized spacial score (nSPS) is 25.1. The third kappa shape index (κ3) is 2.29. The number of aliphatic imine (C=N–C) groups is 1. The number of esters is 1. The number of carbonyl (C=O) groups excluding carboxylic acids is 1. The van der Waals surface area contributed by atoms with Gasteiger partial charge in [-0.05, 0) is 84.8 Å². The number of ether oxygens (including phenoxy) is 1. The van der Waals surface area contributed by atoms with Crippen LogP contribution >= 0.6 is 0 Å². The summed E-state index contributed by atoms with van der Waals surface area (Å²) < 4.78 is 21.0. The lowest BCUT2D eigenvalue weighted by atomic mass is 9.33. The van der Waals surface area contributed by atoms with Crippen LogP contribution in [0.1, 0.15) is 48.6 Å². The number of fused-ring (bicyclic) bond motifs is 2. The monoisotopic (exact) mass is 414 g/mol. The molecule has 1 aromatic heterocycles. The number of aromatic nitrogens is 1. The van der Waals surface area contributed by atoms with Crippen LogP contribution < -0.4 is 0 Å². The van der Waals surface area contributed by atoms with E-state index in [4.69, 9.17) is 4.74 Å². The van der Waals surface area contributed by atoms with E-state index in [1.54, 1.807) is 0 Å². The predicted octanol–water partition coefficient (Wildman–Crippen LogP) is 5.33. The zero-order chi connectivity index (χ0) is 21.5. The number of carbonyl (C=O) groups is 1. The van der Waals surface area contributed by atoms with Gasteiger partial charge >= 0.3 is 5.97 Å². The summed E-state index contributed by atoms with van der Waals surface area (Å²) in [6.07, 6.45) is 4.35. The largest absolute Gasteiger partial charge is 0.469 e. The Morgan fingerprint density at radius 2 is 1.90 bits per heavy atom. The first-order chi connectivity index (χ1) is 14.9. The Morgan fingerprint density at radius 3 is 2.55 bits per heavy atom. The van der Waals surface area contributed by atoms with Gasteiger partial charge in [0, 0.05) is 22.7 Å². The maximum atomic E-state index is 13.7. The molecule has 0 saturated heterocycles. The molecule has 0 N–H and O–H groups in total. The lowest BCUT2D eigenvalue weighted by molar-refractivity contribution is -0.197. The van der Waals surface area contributed by atoms with Crippen LogP contribution in [0.15, 0.2) is 48.0 Å². The van der Waals surface area contributed by atoms with E-state index in [0.717, 1.165) is 47.3 Å². The Bertz CT molecular complexity index is 1310. The minimum absolute atomic E-state index is 0.0420. The summed E-state index contributed by atoms with van der Waals surface area (Å²) in [7, 11) is 1.47. The second-order valence-corrected chi connectivity index (χ2v) is 9.44. The fourth-order valence-corrected chi connectivity index (χ4v) is 6.18. The van der Waals surface area contributed by atoms with E-state index < -0.39 is 0 Å². The highest BCUT2D eigenvalue weighted by Gasteiger charge is 2.73. The summed E-state index contributed by atoms with van der Waals surface area (Å²) in [6.45, 7) is 7.02. The molecule has 156 valence electrons. The first-order valence-electron chi connectivity index (χ1n) is 10.6. The van der Waals surface area contributed by atoms with Crippen molar-refractivity contribution in [2.24, 2.45) is 10.4 Å². The number of nitrogens with zero attached hydrogens (tertiary/aromatic N) is 2. The van der Waals surface area contributed by atoms with Crippen molar-refractivity contribution in [3.63, 3.8) is 0 Å². The minimum Gasteiger partial charge on any atom is -0.469 e. The summed E-state index contributed by atoms with van der Waals surface area (Å²) in [5.41, 5.74) is 7.24. The Kier molecular flexibility index (Phi) is 3.55. The molecule has 2 heterocycles. The van der Waals surface area contributed by atoms with Crippen LogP contribution in [0.2, 0.25) is 0 Å². The number of hydrogen-bond donors (Lipinski definition) is 0. The third-order valence-electron chi connectivity index (χ3n) is 7.39. The average molecular weight is 414 g/mol. The van der Waals surface area contributed by atoms with Crippen LogP contribution in [0.4, 0.5) is 4.39 Å². The Hall–Kier alpha value is -3.21. The van der Waals surface area contributed by atoms with Gasteiger partial charge in [-0.3, -0.25) is 9.79 Å². The molecule has 3 aliphatic carbocycles. The lowest BCUT2D eigenvalue weighted by Gasteiger charge is -2.69. The molecule has 0 spiro atoms. The molecule has 0 amide bonds. The van der Waals surface area contributed by atoms with Gasteiger partial charge in [0.05, 0.1) is 30.3 Å². The SMILES string of the molecule is C=C(C)c1c(C23CC(C(=O)OC)(C2)C3)c2cc3c(cc2n1-c1ccc(F)cc1)C=NC3. The molecule has 7 rings (SSSR count). The second-order valence-electron chi connectivity index (χ2n) is 9.44. The number of halogens is 1. The van der Waals surface area contributed by atoms with Gasteiger partial charge in [0.15, 0.2) is 0 Å². The van der Waals surface area contributed by atoms with Crippen LogP contribution in [0.5, 0.6) is 0 Å². The van der Waals surface area contributed by atoms with Crippen molar-refractivity contribution in [3.8, 4) is 5.69 Å². The van der Waals surface area contributed by atoms with Gasteiger partial charge in [0.2, 0.25) is 0 Å². The number of allylic oxidation sites excluding steroid dienone is 1. The first-order valence-corrected chi connectivity index (χ1v) is 10.6. The molecule has 4 aliphatic rings. The van der Waals surface area contributed by atoms with Gasteiger partial charge in [-0.15, -0.1) is 0 Å². The second kappa shape index (κ2) is 5.94. The molecule has 31 heavy (non-hydrogen) atoms. The van der Waals surface area contributed by atoms with Crippen LogP contribution in [-0.2, 0) is 21.5 Å². The standard InChI is InChI=1S/C26H23FN2O2/c1-15(2)23-22(25-12-26(13-25,14-25)24(30)31-3)20-8-16-10-28-11-17(16)9-21(20)29(23)19-6-4-18(27)5-7-19/h4-9,11H,1,10,12-14H2,2-3H3. The molecule has 3 saturated carbocycles. The van der Waals surface area contributed by atoms with Gasteiger partial charge in [0.25, 0.3) is 0 Å². The summed E-state index contributed by atoms with van der Waals surface area (Å²) >= 11 is 0. The van der Waals surface area contributed by atoms with E-state index in [1.165, 1.54) is 35.8 Å². The van der Waals surface area contributed by atoms with Gasteiger partial charge < -0.3 is 9.30 Å². The van der Waals surface area contributed by atoms with E-state index in [2.05, 4.69) is 28.3 Å². The summed E-state index contributed by atoms with van der Waals surface area (Å²) in [5, 5.41) is 1.18. The molecule has 2 aromatic carbocycles. The molecule has 3 fully saturated rings. The number of rotatable bonds is 4.